The second kappa shape index (κ2) is 13.5. The number of carbonyl (C=O) groups excluding carboxylic acids is 2. The summed E-state index contributed by atoms with van der Waals surface area (Å²) in [4.78, 5) is 28.0. The van der Waals surface area contributed by atoms with Crippen LogP contribution in [0.15, 0.2) is 102 Å². The van der Waals surface area contributed by atoms with Gasteiger partial charge in [0.05, 0.1) is 23.9 Å². The molecule has 12 heteroatoms. The van der Waals surface area contributed by atoms with Gasteiger partial charge in [-0.3, -0.25) is 9.59 Å². The number of amides is 2. The summed E-state index contributed by atoms with van der Waals surface area (Å²) in [7, 11) is -3.57. The number of nitrogens with zero attached hydrogens (tertiary/aromatic N) is 3. The Morgan fingerprint density at radius 3 is 2.26 bits per heavy atom. The molecule has 0 spiro atoms. The second-order valence-corrected chi connectivity index (χ2v) is 13.7. The number of rotatable bonds is 7. The fraction of sp³-hybridized carbons (Fsp3) is 0.194. The van der Waals surface area contributed by atoms with Crippen molar-refractivity contribution in [2.45, 2.75) is 29.6 Å². The number of imidazole rings is 1. The largest absolute Gasteiger partial charge is 0.366 e. The fourth-order valence-corrected chi connectivity index (χ4v) is 7.87. The molecule has 2 aromatic heterocycles. The summed E-state index contributed by atoms with van der Waals surface area (Å²) >= 11 is 7.05. The number of benzene rings is 3. The third-order valence-electron chi connectivity index (χ3n) is 7.12. The Labute approximate surface area is 259 Å². The molecule has 6 rings (SSSR count). The molecule has 3 N–H and O–H groups in total. The Balaban J connectivity index is 0.000000351. The first-order valence-electron chi connectivity index (χ1n) is 13.6. The van der Waals surface area contributed by atoms with Crippen molar-refractivity contribution >= 4 is 55.8 Å². The molecule has 1 fully saturated rings. The zero-order valence-corrected chi connectivity index (χ0v) is 25.5. The zero-order valence-electron chi connectivity index (χ0n) is 23.1. The normalized spacial score (nSPS) is 14.2. The third kappa shape index (κ3) is 7.31. The lowest BCUT2D eigenvalue weighted by molar-refractivity contribution is 0.0950. The molecule has 0 bridgehead atoms. The number of aromatic nitrogens is 2. The van der Waals surface area contributed by atoms with E-state index in [1.54, 1.807) is 65.0 Å². The minimum atomic E-state index is -3.57. The van der Waals surface area contributed by atoms with Gasteiger partial charge < -0.3 is 15.6 Å². The summed E-state index contributed by atoms with van der Waals surface area (Å²) in [5, 5.41) is 3.39. The summed E-state index contributed by atoms with van der Waals surface area (Å²) < 4.78 is 30.4. The molecule has 0 saturated carbocycles. The molecular formula is C31H30ClN5O4S2. The number of thiophene rings is 1. The highest BCUT2D eigenvalue weighted by molar-refractivity contribution is 7.91. The molecule has 1 aliphatic heterocycles. The number of nitrogens with two attached hydrogens (primary N) is 1. The van der Waals surface area contributed by atoms with E-state index in [0.717, 1.165) is 28.8 Å². The number of halogens is 1. The van der Waals surface area contributed by atoms with Crippen molar-refractivity contribution < 1.29 is 18.0 Å². The van der Waals surface area contributed by atoms with Crippen LogP contribution < -0.4 is 11.1 Å². The fourth-order valence-electron chi connectivity index (χ4n) is 4.82. The van der Waals surface area contributed by atoms with E-state index in [-0.39, 0.29) is 24.4 Å². The van der Waals surface area contributed by atoms with E-state index in [4.69, 9.17) is 17.3 Å². The van der Waals surface area contributed by atoms with Gasteiger partial charge in [-0.15, -0.1) is 11.3 Å². The molecule has 0 atom stereocenters. The molecule has 5 aromatic rings. The molecular weight excluding hydrogens is 606 g/mol. The van der Waals surface area contributed by atoms with Crippen molar-refractivity contribution in [1.29, 1.82) is 0 Å². The van der Waals surface area contributed by atoms with Crippen LogP contribution in [-0.4, -0.2) is 47.2 Å². The Bertz CT molecular complexity index is 1810. The van der Waals surface area contributed by atoms with Crippen LogP contribution >= 0.6 is 22.9 Å². The van der Waals surface area contributed by atoms with Crippen molar-refractivity contribution in [2.24, 2.45) is 5.73 Å². The van der Waals surface area contributed by atoms with Gasteiger partial charge >= 0.3 is 0 Å². The molecule has 43 heavy (non-hydrogen) atoms. The van der Waals surface area contributed by atoms with Crippen LogP contribution in [0.4, 0.5) is 0 Å². The van der Waals surface area contributed by atoms with Gasteiger partial charge in [-0.1, -0.05) is 41.9 Å². The topological polar surface area (TPSA) is 127 Å². The standard InChI is InChI=1S/C24H23ClN4O3S2.C7H7NO/c25-18-7-5-17(6-8-18)24(30)26-15-20-9-10-23(33-20)34(31,32)28-13-11-19(12-14-28)29-16-27-21-3-1-2-4-22(21)29;8-7(9)6-4-2-1-3-5-6/h1-10,16,19H,11-15H2,(H,26,30);1-5H,(H2,8,9). The minimum Gasteiger partial charge on any atom is -0.366 e. The summed E-state index contributed by atoms with van der Waals surface area (Å²) in [5.74, 6) is -0.612. The molecule has 3 aromatic carbocycles. The van der Waals surface area contributed by atoms with Crippen LogP contribution in [0.5, 0.6) is 0 Å². The highest BCUT2D eigenvalue weighted by Crippen LogP contribution is 2.31. The Hall–Kier alpha value is -4.03. The molecule has 0 aliphatic carbocycles. The Morgan fingerprint density at radius 1 is 0.907 bits per heavy atom. The number of piperidine rings is 1. The van der Waals surface area contributed by atoms with Crippen molar-refractivity contribution in [3.05, 3.63) is 118 Å². The van der Waals surface area contributed by atoms with Gasteiger partial charge in [-0.2, -0.15) is 4.31 Å². The summed E-state index contributed by atoms with van der Waals surface area (Å²) in [6.45, 7) is 1.18. The highest BCUT2D eigenvalue weighted by atomic mass is 35.5. The van der Waals surface area contributed by atoms with Crippen LogP contribution in [0.2, 0.25) is 5.02 Å². The number of carbonyl (C=O) groups is 2. The van der Waals surface area contributed by atoms with Crippen LogP contribution in [-0.2, 0) is 16.6 Å². The van der Waals surface area contributed by atoms with Gasteiger partial charge in [0.25, 0.3) is 15.9 Å². The Kier molecular flexibility index (Phi) is 9.56. The van der Waals surface area contributed by atoms with E-state index in [1.165, 1.54) is 11.3 Å². The average Bonchev–Trinajstić information content (AvgIpc) is 3.69. The number of fused-ring (bicyclic) bond motifs is 1. The monoisotopic (exact) mass is 635 g/mol. The number of hydrogen-bond donors (Lipinski definition) is 2. The molecule has 1 saturated heterocycles. The van der Waals surface area contributed by atoms with Crippen molar-refractivity contribution in [2.75, 3.05) is 13.1 Å². The first-order chi connectivity index (χ1) is 20.7. The van der Waals surface area contributed by atoms with Crippen molar-refractivity contribution in [1.82, 2.24) is 19.2 Å². The predicted molar refractivity (Wildman–Crippen MR) is 169 cm³/mol. The van der Waals surface area contributed by atoms with E-state index < -0.39 is 10.0 Å². The maximum Gasteiger partial charge on any atom is 0.252 e. The lowest BCUT2D eigenvalue weighted by Crippen LogP contribution is -2.38. The molecule has 0 unspecified atom stereocenters. The molecule has 0 radical (unpaired) electrons. The van der Waals surface area contributed by atoms with Crippen molar-refractivity contribution in [3.63, 3.8) is 0 Å². The van der Waals surface area contributed by atoms with Gasteiger partial charge in [0, 0.05) is 40.2 Å². The highest BCUT2D eigenvalue weighted by Gasteiger charge is 2.31. The third-order valence-corrected chi connectivity index (χ3v) is 10.8. The van der Waals surface area contributed by atoms with E-state index in [0.29, 0.717) is 33.4 Å². The lowest BCUT2D eigenvalue weighted by Gasteiger charge is -2.31. The maximum atomic E-state index is 13.2. The number of nitrogens with one attached hydrogen (secondary N) is 1. The van der Waals surface area contributed by atoms with Crippen LogP contribution in [0.25, 0.3) is 11.0 Å². The number of primary amides is 1. The van der Waals surface area contributed by atoms with Crippen LogP contribution in [0.1, 0.15) is 44.5 Å². The SMILES string of the molecule is NC(=O)c1ccccc1.O=C(NCc1ccc(S(=O)(=O)N2CCC(n3cnc4ccccc43)CC2)s1)c1ccc(Cl)cc1. The van der Waals surface area contributed by atoms with Gasteiger partial charge in [0.1, 0.15) is 4.21 Å². The van der Waals surface area contributed by atoms with E-state index in [2.05, 4.69) is 14.9 Å². The van der Waals surface area contributed by atoms with Gasteiger partial charge in [0.15, 0.2) is 0 Å². The van der Waals surface area contributed by atoms with E-state index in [9.17, 15) is 18.0 Å². The maximum absolute atomic E-state index is 13.2. The van der Waals surface area contributed by atoms with Gasteiger partial charge in [0.2, 0.25) is 5.91 Å². The second-order valence-electron chi connectivity index (χ2n) is 9.92. The average molecular weight is 636 g/mol. The molecule has 9 nitrogen and oxygen atoms in total. The number of hydrogen-bond acceptors (Lipinski definition) is 6. The lowest BCUT2D eigenvalue weighted by atomic mass is 10.1. The van der Waals surface area contributed by atoms with Gasteiger partial charge in [-0.25, -0.2) is 13.4 Å². The predicted octanol–water partition coefficient (Wildman–Crippen LogP) is 5.49. The summed E-state index contributed by atoms with van der Waals surface area (Å²) in [5.41, 5.74) is 8.06. The van der Waals surface area contributed by atoms with Gasteiger partial charge in [-0.05, 0) is 73.5 Å². The zero-order chi connectivity index (χ0) is 30.4. The summed E-state index contributed by atoms with van der Waals surface area (Å²) in [6, 6.07) is 27.0. The van der Waals surface area contributed by atoms with E-state index in [1.807, 2.05) is 36.7 Å². The molecule has 3 heterocycles. The Morgan fingerprint density at radius 2 is 1.58 bits per heavy atom. The minimum absolute atomic E-state index is 0.223. The van der Waals surface area contributed by atoms with Crippen LogP contribution in [0.3, 0.4) is 0 Å². The van der Waals surface area contributed by atoms with E-state index >= 15 is 0 Å². The molecule has 222 valence electrons. The molecule has 1 aliphatic rings. The first kappa shape index (κ1) is 30.4. The summed E-state index contributed by atoms with van der Waals surface area (Å²) in [6.07, 6.45) is 3.31. The quantitative estimate of drug-likeness (QED) is 0.244. The van der Waals surface area contributed by atoms with Crippen LogP contribution in [0, 0.1) is 0 Å². The molecule has 2 amide bonds. The first-order valence-corrected chi connectivity index (χ1v) is 16.2. The number of para-hydroxylation sites is 2. The smallest absolute Gasteiger partial charge is 0.252 e. The van der Waals surface area contributed by atoms with Crippen molar-refractivity contribution in [3.8, 4) is 0 Å². The number of sulfonamides is 1.